The maximum Gasteiger partial charge on any atom is 0.224 e. The van der Waals surface area contributed by atoms with E-state index in [-0.39, 0.29) is 5.56 Å². The van der Waals surface area contributed by atoms with E-state index in [0.717, 1.165) is 23.0 Å². The summed E-state index contributed by atoms with van der Waals surface area (Å²) >= 11 is 0. The quantitative estimate of drug-likeness (QED) is 0.287. The average molecular weight is 392 g/mol. The van der Waals surface area contributed by atoms with Gasteiger partial charge in [0.15, 0.2) is 17.3 Å². The third kappa shape index (κ3) is 4.62. The molecule has 0 amide bonds. The molecule has 0 aliphatic carbocycles. The topological polar surface area (TPSA) is 119 Å². The summed E-state index contributed by atoms with van der Waals surface area (Å²) in [5.74, 6) is -1.75. The lowest BCUT2D eigenvalue weighted by Crippen LogP contribution is -2.12. The number of rotatable bonds is 6. The van der Waals surface area contributed by atoms with E-state index in [1.807, 2.05) is 43.3 Å². The van der Waals surface area contributed by atoms with Crippen molar-refractivity contribution >= 4 is 29.2 Å². The van der Waals surface area contributed by atoms with Crippen molar-refractivity contribution in [1.29, 1.82) is 0 Å². The van der Waals surface area contributed by atoms with E-state index in [1.54, 1.807) is 18.5 Å². The third-order valence-corrected chi connectivity index (χ3v) is 4.06. The van der Waals surface area contributed by atoms with Gasteiger partial charge in [0.05, 0.1) is 23.6 Å². The van der Waals surface area contributed by atoms with Crippen LogP contribution in [0.3, 0.4) is 0 Å². The molecule has 0 bridgehead atoms. The smallest absolute Gasteiger partial charge is 0.224 e. The Kier molecular flexibility index (Phi) is 5.64. The van der Waals surface area contributed by atoms with E-state index in [4.69, 9.17) is 0 Å². The standard InChI is InChI=1S/C21H20N4O4/c1-25(2)21-22-11-15(12-23-21)24-14-6-3-13(4-7-14)5-9-17(26)16-8-10-18(27)20(29)19(16)28/h3-12,24,27-29H,1-2H3/b9-5+. The van der Waals surface area contributed by atoms with Crippen molar-refractivity contribution in [2.45, 2.75) is 0 Å². The summed E-state index contributed by atoms with van der Waals surface area (Å²) in [5, 5.41) is 31.8. The summed E-state index contributed by atoms with van der Waals surface area (Å²) in [6.45, 7) is 0. The van der Waals surface area contributed by atoms with Gasteiger partial charge in [-0.15, -0.1) is 0 Å². The molecular weight excluding hydrogens is 372 g/mol. The van der Waals surface area contributed by atoms with Crippen LogP contribution >= 0.6 is 0 Å². The van der Waals surface area contributed by atoms with Gasteiger partial charge in [-0.05, 0) is 35.9 Å². The van der Waals surface area contributed by atoms with E-state index in [9.17, 15) is 20.1 Å². The molecule has 4 N–H and O–H groups in total. The summed E-state index contributed by atoms with van der Waals surface area (Å²) in [4.78, 5) is 22.5. The lowest BCUT2D eigenvalue weighted by molar-refractivity contribution is 0.104. The second-order valence-corrected chi connectivity index (χ2v) is 6.44. The van der Waals surface area contributed by atoms with Crippen LogP contribution in [-0.4, -0.2) is 45.2 Å². The molecule has 0 atom stereocenters. The Morgan fingerprint density at radius 3 is 2.21 bits per heavy atom. The number of carbonyl (C=O) groups excluding carboxylic acids is 1. The maximum atomic E-state index is 12.2. The first-order chi connectivity index (χ1) is 13.8. The molecule has 8 heteroatoms. The van der Waals surface area contributed by atoms with Crippen LogP contribution in [0.25, 0.3) is 6.08 Å². The first-order valence-electron chi connectivity index (χ1n) is 8.68. The lowest BCUT2D eigenvalue weighted by atomic mass is 10.1. The first-order valence-corrected chi connectivity index (χ1v) is 8.68. The highest BCUT2D eigenvalue weighted by atomic mass is 16.3. The zero-order valence-electron chi connectivity index (χ0n) is 15.9. The molecule has 0 aliphatic rings. The first kappa shape index (κ1) is 19.7. The van der Waals surface area contributed by atoms with Crippen LogP contribution in [0.2, 0.25) is 0 Å². The second kappa shape index (κ2) is 8.30. The van der Waals surface area contributed by atoms with E-state index >= 15 is 0 Å². The minimum atomic E-state index is -0.720. The van der Waals surface area contributed by atoms with Gasteiger partial charge in [-0.2, -0.15) is 0 Å². The minimum absolute atomic E-state index is 0.101. The molecule has 0 radical (unpaired) electrons. The minimum Gasteiger partial charge on any atom is -0.504 e. The third-order valence-electron chi connectivity index (χ3n) is 4.06. The maximum absolute atomic E-state index is 12.2. The number of hydrogen-bond donors (Lipinski definition) is 4. The van der Waals surface area contributed by atoms with E-state index in [2.05, 4.69) is 15.3 Å². The number of carbonyl (C=O) groups is 1. The summed E-state index contributed by atoms with van der Waals surface area (Å²) in [5.41, 5.74) is 2.24. The normalized spacial score (nSPS) is 10.8. The molecule has 2 aromatic carbocycles. The van der Waals surface area contributed by atoms with Gasteiger partial charge in [0.1, 0.15) is 0 Å². The number of allylic oxidation sites excluding steroid dienone is 1. The van der Waals surface area contributed by atoms with Gasteiger partial charge >= 0.3 is 0 Å². The van der Waals surface area contributed by atoms with Crippen molar-refractivity contribution in [3.8, 4) is 17.2 Å². The van der Waals surface area contributed by atoms with Gasteiger partial charge in [0.25, 0.3) is 0 Å². The number of nitrogens with zero attached hydrogens (tertiary/aromatic N) is 3. The highest BCUT2D eigenvalue weighted by Gasteiger charge is 2.15. The molecule has 0 fully saturated rings. The molecule has 8 nitrogen and oxygen atoms in total. The predicted octanol–water partition coefficient (Wildman–Crippen LogP) is 3.30. The Bertz CT molecular complexity index is 1050. The van der Waals surface area contributed by atoms with Crippen molar-refractivity contribution in [3.63, 3.8) is 0 Å². The number of phenolic OH excluding ortho intramolecular Hbond substituents is 3. The monoisotopic (exact) mass is 392 g/mol. The average Bonchev–Trinajstić information content (AvgIpc) is 2.72. The summed E-state index contributed by atoms with van der Waals surface area (Å²) in [7, 11) is 3.73. The molecule has 3 aromatic rings. The lowest BCUT2D eigenvalue weighted by Gasteiger charge is -2.11. The van der Waals surface area contributed by atoms with Crippen LogP contribution in [0, 0.1) is 0 Å². The fourth-order valence-corrected chi connectivity index (χ4v) is 2.49. The number of nitrogens with one attached hydrogen (secondary N) is 1. The zero-order valence-corrected chi connectivity index (χ0v) is 15.9. The van der Waals surface area contributed by atoms with Crippen molar-refractivity contribution in [2.24, 2.45) is 0 Å². The number of ketones is 1. The summed E-state index contributed by atoms with van der Waals surface area (Å²) in [6, 6.07) is 9.70. The van der Waals surface area contributed by atoms with Crippen molar-refractivity contribution < 1.29 is 20.1 Å². The van der Waals surface area contributed by atoms with Gasteiger partial charge in [0.2, 0.25) is 11.7 Å². The van der Waals surface area contributed by atoms with Crippen LogP contribution in [0.4, 0.5) is 17.3 Å². The van der Waals surface area contributed by atoms with Crippen molar-refractivity contribution in [3.05, 3.63) is 66.0 Å². The number of phenols is 3. The highest BCUT2D eigenvalue weighted by Crippen LogP contribution is 2.37. The molecular formula is C21H20N4O4. The largest absolute Gasteiger partial charge is 0.504 e. The fraction of sp³-hybridized carbons (Fsp3) is 0.0952. The zero-order chi connectivity index (χ0) is 21.0. The fourth-order valence-electron chi connectivity index (χ4n) is 2.49. The number of hydrogen-bond acceptors (Lipinski definition) is 8. The van der Waals surface area contributed by atoms with Gasteiger partial charge in [-0.3, -0.25) is 4.79 Å². The Morgan fingerprint density at radius 1 is 0.931 bits per heavy atom. The van der Waals surface area contributed by atoms with E-state index in [0.29, 0.717) is 5.95 Å². The predicted molar refractivity (Wildman–Crippen MR) is 111 cm³/mol. The summed E-state index contributed by atoms with van der Waals surface area (Å²) in [6.07, 6.45) is 6.24. The van der Waals surface area contributed by atoms with Crippen molar-refractivity contribution in [1.82, 2.24) is 9.97 Å². The van der Waals surface area contributed by atoms with Gasteiger partial charge in [-0.1, -0.05) is 18.2 Å². The molecule has 3 rings (SSSR count). The van der Waals surface area contributed by atoms with Crippen LogP contribution in [0.5, 0.6) is 17.2 Å². The SMILES string of the molecule is CN(C)c1ncc(Nc2ccc(/C=C/C(=O)c3ccc(O)c(O)c3O)cc2)cn1. The number of aromatic hydroxyl groups is 3. The Morgan fingerprint density at radius 2 is 1.59 bits per heavy atom. The van der Waals surface area contributed by atoms with Crippen molar-refractivity contribution in [2.75, 3.05) is 24.3 Å². The highest BCUT2D eigenvalue weighted by molar-refractivity contribution is 6.09. The number of anilines is 3. The Labute approximate surface area is 167 Å². The molecule has 0 unspecified atom stereocenters. The molecule has 148 valence electrons. The Balaban J connectivity index is 1.67. The Hall–Kier alpha value is -4.07. The number of aromatic nitrogens is 2. The van der Waals surface area contributed by atoms with Gasteiger partial charge in [0, 0.05) is 19.8 Å². The van der Waals surface area contributed by atoms with E-state index < -0.39 is 23.0 Å². The van der Waals surface area contributed by atoms with Crippen LogP contribution < -0.4 is 10.2 Å². The molecule has 0 spiro atoms. The second-order valence-electron chi connectivity index (χ2n) is 6.44. The van der Waals surface area contributed by atoms with Crippen LogP contribution in [-0.2, 0) is 0 Å². The summed E-state index contributed by atoms with van der Waals surface area (Å²) < 4.78 is 0. The number of benzene rings is 2. The molecule has 29 heavy (non-hydrogen) atoms. The molecule has 1 aromatic heterocycles. The molecule has 0 aliphatic heterocycles. The van der Waals surface area contributed by atoms with Gasteiger partial charge < -0.3 is 25.5 Å². The molecule has 0 saturated carbocycles. The van der Waals surface area contributed by atoms with Crippen LogP contribution in [0.15, 0.2) is 54.9 Å². The van der Waals surface area contributed by atoms with Crippen LogP contribution in [0.1, 0.15) is 15.9 Å². The van der Waals surface area contributed by atoms with Gasteiger partial charge in [-0.25, -0.2) is 9.97 Å². The molecule has 0 saturated heterocycles. The van der Waals surface area contributed by atoms with E-state index in [1.165, 1.54) is 12.1 Å². The molecule has 1 heterocycles.